The molecule has 0 aliphatic carbocycles. The summed E-state index contributed by atoms with van der Waals surface area (Å²) < 4.78 is 27.1. The van der Waals surface area contributed by atoms with Gasteiger partial charge in [0.1, 0.15) is 6.04 Å². The number of carboxylic acid groups (broad SMARTS) is 1. The number of sulfonamides is 1. The number of hydrogen-bond donors (Lipinski definition) is 3. The lowest BCUT2D eigenvalue weighted by molar-refractivity contribution is -0.140. The normalized spacial score (nSPS) is 22.0. The molecule has 0 spiro atoms. The first-order valence-corrected chi connectivity index (χ1v) is 12.0. The number of carboxylic acids is 1. The minimum atomic E-state index is -4.06. The van der Waals surface area contributed by atoms with Gasteiger partial charge in [0.15, 0.2) is 0 Å². The quantitative estimate of drug-likeness (QED) is 0.654. The first-order valence-electron chi connectivity index (χ1n) is 10.6. The van der Waals surface area contributed by atoms with Crippen molar-refractivity contribution in [1.82, 2.24) is 9.62 Å². The summed E-state index contributed by atoms with van der Waals surface area (Å²) in [5, 5.41) is 23.7. The number of rotatable bonds is 4. The standard InChI is InChI=1S/C17H20N2O5S.C5H11N/c1-18(2)14-7-3-6-13-12(14)5-4-8-16(13)25(23,24)19-10-11(20)9-15(19)17(21)22;1-2-4-6-5-3-1/h3-8,11,15,20H,9-10H2,1-2H3,(H,21,22);6H,1-5H2/t11-,15+;/m1./s1. The largest absolute Gasteiger partial charge is 0.480 e. The highest BCUT2D eigenvalue weighted by atomic mass is 32.2. The third-order valence-corrected chi connectivity index (χ3v) is 7.59. The predicted octanol–water partition coefficient (Wildman–Crippen LogP) is 1.87. The van der Waals surface area contributed by atoms with Crippen LogP contribution < -0.4 is 10.2 Å². The number of benzene rings is 2. The third-order valence-electron chi connectivity index (χ3n) is 5.65. The van der Waals surface area contributed by atoms with E-state index in [1.165, 1.54) is 38.4 Å². The van der Waals surface area contributed by atoms with Gasteiger partial charge in [-0.05, 0) is 38.1 Å². The van der Waals surface area contributed by atoms with E-state index < -0.39 is 28.1 Å². The molecular formula is C22H31N3O5S. The van der Waals surface area contributed by atoms with Gasteiger partial charge >= 0.3 is 5.97 Å². The summed E-state index contributed by atoms with van der Waals surface area (Å²) in [6.07, 6.45) is 3.12. The van der Waals surface area contributed by atoms with Crippen molar-refractivity contribution < 1.29 is 23.4 Å². The topological polar surface area (TPSA) is 110 Å². The van der Waals surface area contributed by atoms with E-state index in [1.807, 2.05) is 31.1 Å². The molecule has 2 aliphatic rings. The van der Waals surface area contributed by atoms with E-state index in [4.69, 9.17) is 0 Å². The summed E-state index contributed by atoms with van der Waals surface area (Å²) in [5.74, 6) is -1.26. The van der Waals surface area contributed by atoms with Crippen LogP contribution in [0.15, 0.2) is 41.3 Å². The number of nitrogens with one attached hydrogen (secondary N) is 1. The van der Waals surface area contributed by atoms with Gasteiger partial charge in [0, 0.05) is 43.5 Å². The highest BCUT2D eigenvalue weighted by molar-refractivity contribution is 7.89. The summed E-state index contributed by atoms with van der Waals surface area (Å²) in [7, 11) is -0.324. The van der Waals surface area contributed by atoms with E-state index in [-0.39, 0.29) is 17.9 Å². The summed E-state index contributed by atoms with van der Waals surface area (Å²) in [4.78, 5) is 13.4. The Kier molecular flexibility index (Phi) is 7.53. The maximum atomic E-state index is 13.1. The van der Waals surface area contributed by atoms with E-state index in [0.29, 0.717) is 5.39 Å². The van der Waals surface area contributed by atoms with Gasteiger partial charge in [0.25, 0.3) is 0 Å². The Morgan fingerprint density at radius 2 is 1.71 bits per heavy atom. The second-order valence-corrected chi connectivity index (χ2v) is 10.0. The van der Waals surface area contributed by atoms with Gasteiger partial charge in [-0.25, -0.2) is 8.42 Å². The third kappa shape index (κ3) is 5.17. The van der Waals surface area contributed by atoms with Crippen molar-refractivity contribution in [3.05, 3.63) is 36.4 Å². The molecule has 9 heteroatoms. The number of carbonyl (C=O) groups is 1. The van der Waals surface area contributed by atoms with Crippen molar-refractivity contribution in [2.45, 2.75) is 42.7 Å². The SMILES string of the molecule is C1CCNCC1.CN(C)c1cccc2c(S(=O)(=O)N3C[C@H](O)C[C@H]3C(=O)O)cccc12. The lowest BCUT2D eigenvalue weighted by Gasteiger charge is -2.22. The van der Waals surface area contributed by atoms with Crippen molar-refractivity contribution in [1.29, 1.82) is 0 Å². The number of aliphatic hydroxyl groups is 1. The van der Waals surface area contributed by atoms with Gasteiger partial charge in [-0.2, -0.15) is 4.31 Å². The monoisotopic (exact) mass is 449 g/mol. The van der Waals surface area contributed by atoms with Crippen molar-refractivity contribution in [3.8, 4) is 0 Å². The maximum Gasteiger partial charge on any atom is 0.322 e. The van der Waals surface area contributed by atoms with Gasteiger partial charge in [-0.15, -0.1) is 0 Å². The molecule has 2 aromatic carbocycles. The van der Waals surface area contributed by atoms with Crippen molar-refractivity contribution in [2.75, 3.05) is 38.6 Å². The number of aliphatic hydroxyl groups excluding tert-OH is 1. The Morgan fingerprint density at radius 1 is 1.06 bits per heavy atom. The molecule has 2 aromatic rings. The first-order chi connectivity index (χ1) is 14.7. The fourth-order valence-electron chi connectivity index (χ4n) is 4.08. The number of aliphatic carboxylic acids is 1. The predicted molar refractivity (Wildman–Crippen MR) is 121 cm³/mol. The summed E-state index contributed by atoms with van der Waals surface area (Å²) >= 11 is 0. The lowest BCUT2D eigenvalue weighted by atomic mass is 10.1. The maximum absolute atomic E-state index is 13.1. The van der Waals surface area contributed by atoms with E-state index in [2.05, 4.69) is 5.32 Å². The molecule has 0 amide bonds. The van der Waals surface area contributed by atoms with Crippen LogP contribution >= 0.6 is 0 Å². The van der Waals surface area contributed by atoms with Crippen LogP contribution in [-0.4, -0.2) is 74.8 Å². The van der Waals surface area contributed by atoms with Gasteiger partial charge in [-0.1, -0.05) is 30.7 Å². The summed E-state index contributed by atoms with van der Waals surface area (Å²) in [6, 6.07) is 9.05. The number of piperidine rings is 1. The molecule has 2 heterocycles. The zero-order valence-corrected chi connectivity index (χ0v) is 18.8. The van der Waals surface area contributed by atoms with E-state index in [9.17, 15) is 23.4 Å². The average molecular weight is 450 g/mol. The van der Waals surface area contributed by atoms with Crippen LogP contribution in [0.3, 0.4) is 0 Å². The molecular weight excluding hydrogens is 418 g/mol. The van der Waals surface area contributed by atoms with Gasteiger partial charge in [0.05, 0.1) is 11.0 Å². The Labute approximate surface area is 183 Å². The van der Waals surface area contributed by atoms with Gasteiger partial charge in [0.2, 0.25) is 10.0 Å². The number of β-amino-alcohol motifs (C(OH)–C–C–N with tert-alkyl or cyclic N) is 1. The van der Waals surface area contributed by atoms with Crippen molar-refractivity contribution in [3.63, 3.8) is 0 Å². The number of hydrogen-bond acceptors (Lipinski definition) is 6. The smallest absolute Gasteiger partial charge is 0.322 e. The van der Waals surface area contributed by atoms with Crippen LogP contribution in [0.4, 0.5) is 5.69 Å². The second kappa shape index (κ2) is 9.95. The fraction of sp³-hybridized carbons (Fsp3) is 0.500. The zero-order valence-electron chi connectivity index (χ0n) is 18.0. The molecule has 8 nitrogen and oxygen atoms in total. The molecule has 31 heavy (non-hydrogen) atoms. The Bertz CT molecular complexity index is 1010. The van der Waals surface area contributed by atoms with Crippen LogP contribution in [0.5, 0.6) is 0 Å². The Hall–Kier alpha value is -2.20. The molecule has 2 atom stereocenters. The second-order valence-electron chi connectivity index (χ2n) is 8.15. The molecule has 0 saturated carbocycles. The minimum Gasteiger partial charge on any atom is -0.480 e. The molecule has 2 aliphatic heterocycles. The number of anilines is 1. The van der Waals surface area contributed by atoms with Crippen LogP contribution in [-0.2, 0) is 14.8 Å². The van der Waals surface area contributed by atoms with Crippen LogP contribution in [0.25, 0.3) is 10.8 Å². The summed E-state index contributed by atoms with van der Waals surface area (Å²) in [6.45, 7) is 2.28. The van der Waals surface area contributed by atoms with E-state index in [1.54, 1.807) is 18.2 Å². The van der Waals surface area contributed by atoms with Crippen LogP contribution in [0, 0.1) is 0 Å². The average Bonchev–Trinajstić information content (AvgIpc) is 3.17. The molecule has 170 valence electrons. The molecule has 0 aromatic heterocycles. The van der Waals surface area contributed by atoms with Gasteiger partial charge in [-0.3, -0.25) is 4.79 Å². The first kappa shape index (κ1) is 23.5. The molecule has 0 radical (unpaired) electrons. The molecule has 0 bridgehead atoms. The van der Waals surface area contributed by atoms with Crippen molar-refractivity contribution >= 4 is 32.5 Å². The number of nitrogens with zero attached hydrogens (tertiary/aromatic N) is 2. The Balaban J connectivity index is 0.000000391. The van der Waals surface area contributed by atoms with Crippen LogP contribution in [0.2, 0.25) is 0 Å². The van der Waals surface area contributed by atoms with Crippen molar-refractivity contribution in [2.24, 2.45) is 0 Å². The molecule has 2 fully saturated rings. The summed E-state index contributed by atoms with van der Waals surface area (Å²) in [5.41, 5.74) is 0.866. The fourth-order valence-corrected chi connectivity index (χ4v) is 5.92. The highest BCUT2D eigenvalue weighted by Crippen LogP contribution is 2.34. The molecule has 3 N–H and O–H groups in total. The van der Waals surface area contributed by atoms with Gasteiger partial charge < -0.3 is 20.4 Å². The number of fused-ring (bicyclic) bond motifs is 1. The Morgan fingerprint density at radius 3 is 2.26 bits per heavy atom. The van der Waals surface area contributed by atoms with Crippen LogP contribution in [0.1, 0.15) is 25.7 Å². The molecule has 4 rings (SSSR count). The zero-order chi connectivity index (χ0) is 22.6. The molecule has 2 saturated heterocycles. The minimum absolute atomic E-state index is 0.0500. The lowest BCUT2D eigenvalue weighted by Crippen LogP contribution is -2.40. The van der Waals surface area contributed by atoms with E-state index >= 15 is 0 Å². The van der Waals surface area contributed by atoms with E-state index in [0.717, 1.165) is 15.4 Å². The molecule has 0 unspecified atom stereocenters. The highest BCUT2D eigenvalue weighted by Gasteiger charge is 2.44.